The van der Waals surface area contributed by atoms with Gasteiger partial charge >= 0.3 is 0 Å². The summed E-state index contributed by atoms with van der Waals surface area (Å²) in [5.74, 6) is 0.786. The van der Waals surface area contributed by atoms with Crippen LogP contribution in [0.4, 0.5) is 5.69 Å². The summed E-state index contributed by atoms with van der Waals surface area (Å²) >= 11 is 0. The standard InChI is InChI=1S/C10H11NO3/c1-7-2-3-8-6-9(11(12)13)4-5-10(8)14-7/h4-7H,2-3H2,1H3. The van der Waals surface area contributed by atoms with Gasteiger partial charge in [0.25, 0.3) is 5.69 Å². The van der Waals surface area contributed by atoms with E-state index < -0.39 is 0 Å². The van der Waals surface area contributed by atoms with E-state index in [2.05, 4.69) is 0 Å². The predicted molar refractivity (Wildman–Crippen MR) is 51.5 cm³/mol. The third-order valence-electron chi connectivity index (χ3n) is 2.40. The first-order chi connectivity index (χ1) is 6.66. The molecule has 4 heteroatoms. The number of fused-ring (bicyclic) bond motifs is 1. The van der Waals surface area contributed by atoms with Crippen molar-refractivity contribution in [1.82, 2.24) is 0 Å². The topological polar surface area (TPSA) is 52.4 Å². The highest BCUT2D eigenvalue weighted by molar-refractivity contribution is 5.44. The van der Waals surface area contributed by atoms with E-state index in [0.717, 1.165) is 24.2 Å². The van der Waals surface area contributed by atoms with Crippen molar-refractivity contribution >= 4 is 5.69 Å². The second-order valence-electron chi connectivity index (χ2n) is 3.52. The third-order valence-corrected chi connectivity index (χ3v) is 2.40. The molecule has 0 saturated carbocycles. The Balaban J connectivity index is 2.36. The minimum Gasteiger partial charge on any atom is -0.490 e. The second-order valence-corrected chi connectivity index (χ2v) is 3.52. The number of benzene rings is 1. The minimum atomic E-state index is -0.377. The van der Waals surface area contributed by atoms with Crippen LogP contribution < -0.4 is 4.74 Å². The molecule has 0 bridgehead atoms. The molecule has 1 aromatic rings. The minimum absolute atomic E-state index is 0.141. The normalized spacial score (nSPS) is 19.6. The molecule has 0 amide bonds. The summed E-state index contributed by atoms with van der Waals surface area (Å²) in [6, 6.07) is 4.77. The molecule has 1 heterocycles. The van der Waals surface area contributed by atoms with Crippen LogP contribution in [0.5, 0.6) is 5.75 Å². The monoisotopic (exact) mass is 193 g/mol. The van der Waals surface area contributed by atoms with Gasteiger partial charge in [-0.3, -0.25) is 10.1 Å². The van der Waals surface area contributed by atoms with Gasteiger partial charge in [-0.15, -0.1) is 0 Å². The first-order valence-electron chi connectivity index (χ1n) is 4.61. The van der Waals surface area contributed by atoms with E-state index in [0.29, 0.717) is 0 Å². The lowest BCUT2D eigenvalue weighted by Crippen LogP contribution is -2.18. The van der Waals surface area contributed by atoms with Gasteiger partial charge < -0.3 is 4.74 Å². The van der Waals surface area contributed by atoms with Crippen LogP contribution in [0, 0.1) is 10.1 Å². The van der Waals surface area contributed by atoms with Crippen molar-refractivity contribution in [2.45, 2.75) is 25.9 Å². The summed E-state index contributed by atoms with van der Waals surface area (Å²) in [6.45, 7) is 2.00. The number of rotatable bonds is 1. The molecular weight excluding hydrogens is 182 g/mol. The van der Waals surface area contributed by atoms with Crippen LogP contribution in [-0.2, 0) is 6.42 Å². The number of nitro groups is 1. The molecule has 0 fully saturated rings. The Labute approximate surface area is 81.7 Å². The maximum atomic E-state index is 10.5. The van der Waals surface area contributed by atoms with Crippen LogP contribution in [0.3, 0.4) is 0 Å². The number of non-ortho nitro benzene ring substituents is 1. The lowest BCUT2D eigenvalue weighted by atomic mass is 10.0. The first kappa shape index (κ1) is 8.99. The van der Waals surface area contributed by atoms with Gasteiger partial charge in [-0.25, -0.2) is 0 Å². The Hall–Kier alpha value is -1.58. The van der Waals surface area contributed by atoms with E-state index in [-0.39, 0.29) is 16.7 Å². The molecule has 0 aliphatic carbocycles. The number of hydrogen-bond donors (Lipinski definition) is 0. The maximum Gasteiger partial charge on any atom is 0.269 e. The summed E-state index contributed by atoms with van der Waals surface area (Å²) < 4.78 is 5.54. The number of nitrogens with zero attached hydrogens (tertiary/aromatic N) is 1. The summed E-state index contributed by atoms with van der Waals surface area (Å²) in [6.07, 6.45) is 2.00. The molecule has 1 unspecified atom stereocenters. The zero-order valence-corrected chi connectivity index (χ0v) is 7.90. The lowest BCUT2D eigenvalue weighted by Gasteiger charge is -2.22. The van der Waals surface area contributed by atoms with Gasteiger partial charge in [-0.1, -0.05) is 0 Å². The molecule has 1 atom stereocenters. The van der Waals surface area contributed by atoms with Crippen molar-refractivity contribution in [2.24, 2.45) is 0 Å². The molecule has 4 nitrogen and oxygen atoms in total. The van der Waals surface area contributed by atoms with Gasteiger partial charge in [0.15, 0.2) is 0 Å². The van der Waals surface area contributed by atoms with Crippen LogP contribution in [0.2, 0.25) is 0 Å². The Morgan fingerprint density at radius 3 is 3.07 bits per heavy atom. The molecule has 0 spiro atoms. The fraction of sp³-hybridized carbons (Fsp3) is 0.400. The Morgan fingerprint density at radius 1 is 1.57 bits per heavy atom. The Morgan fingerprint density at radius 2 is 2.36 bits per heavy atom. The molecule has 14 heavy (non-hydrogen) atoms. The number of hydrogen-bond acceptors (Lipinski definition) is 3. The van der Waals surface area contributed by atoms with E-state index >= 15 is 0 Å². The van der Waals surface area contributed by atoms with Gasteiger partial charge in [0, 0.05) is 17.7 Å². The molecule has 0 aromatic heterocycles. The molecule has 1 aliphatic rings. The molecule has 74 valence electrons. The second kappa shape index (κ2) is 3.29. The highest BCUT2D eigenvalue weighted by Crippen LogP contribution is 2.30. The van der Waals surface area contributed by atoms with Crippen LogP contribution in [-0.4, -0.2) is 11.0 Å². The van der Waals surface area contributed by atoms with Crippen molar-refractivity contribution in [3.05, 3.63) is 33.9 Å². The Kier molecular flexibility index (Phi) is 2.11. The molecule has 1 aromatic carbocycles. The average molecular weight is 193 g/mol. The Bertz CT molecular complexity index is 376. The first-order valence-corrected chi connectivity index (χ1v) is 4.61. The number of aryl methyl sites for hydroxylation is 1. The summed E-state index contributed by atoms with van der Waals surface area (Å²) in [5.41, 5.74) is 1.08. The maximum absolute atomic E-state index is 10.5. The van der Waals surface area contributed by atoms with Crippen LogP contribution in [0.25, 0.3) is 0 Å². The largest absolute Gasteiger partial charge is 0.490 e. The summed E-state index contributed by atoms with van der Waals surface area (Å²) in [5, 5.41) is 10.5. The third kappa shape index (κ3) is 1.55. The zero-order valence-electron chi connectivity index (χ0n) is 7.90. The van der Waals surface area contributed by atoms with Gasteiger partial charge in [-0.05, 0) is 25.8 Å². The van der Waals surface area contributed by atoms with E-state index in [1.54, 1.807) is 12.1 Å². The van der Waals surface area contributed by atoms with E-state index in [9.17, 15) is 10.1 Å². The van der Waals surface area contributed by atoms with E-state index in [1.807, 2.05) is 6.92 Å². The van der Waals surface area contributed by atoms with Crippen LogP contribution in [0.15, 0.2) is 18.2 Å². The number of nitro benzene ring substituents is 1. The van der Waals surface area contributed by atoms with Crippen molar-refractivity contribution < 1.29 is 9.66 Å². The SMILES string of the molecule is CC1CCc2cc([N+](=O)[O-])ccc2O1. The van der Waals surface area contributed by atoms with Gasteiger partial charge in [0.2, 0.25) is 0 Å². The van der Waals surface area contributed by atoms with Gasteiger partial charge in [0.05, 0.1) is 11.0 Å². The van der Waals surface area contributed by atoms with Gasteiger partial charge in [-0.2, -0.15) is 0 Å². The predicted octanol–water partition coefficient (Wildman–Crippen LogP) is 2.31. The quantitative estimate of drug-likeness (QED) is 0.508. The molecule has 0 saturated heterocycles. The summed E-state index contributed by atoms with van der Waals surface area (Å²) in [7, 11) is 0. The smallest absolute Gasteiger partial charge is 0.269 e. The van der Waals surface area contributed by atoms with E-state index in [4.69, 9.17) is 4.74 Å². The average Bonchev–Trinajstić information content (AvgIpc) is 2.16. The van der Waals surface area contributed by atoms with Crippen LogP contribution >= 0.6 is 0 Å². The lowest BCUT2D eigenvalue weighted by molar-refractivity contribution is -0.385. The molecule has 2 rings (SSSR count). The van der Waals surface area contributed by atoms with Crippen LogP contribution in [0.1, 0.15) is 18.9 Å². The zero-order chi connectivity index (χ0) is 10.1. The molecule has 0 radical (unpaired) electrons. The van der Waals surface area contributed by atoms with Gasteiger partial charge in [0.1, 0.15) is 5.75 Å². The van der Waals surface area contributed by atoms with Crippen molar-refractivity contribution in [3.8, 4) is 5.75 Å². The molecular formula is C10H11NO3. The molecule has 0 N–H and O–H groups in total. The molecule has 1 aliphatic heterocycles. The van der Waals surface area contributed by atoms with E-state index in [1.165, 1.54) is 6.07 Å². The van der Waals surface area contributed by atoms with Crippen molar-refractivity contribution in [1.29, 1.82) is 0 Å². The fourth-order valence-electron chi connectivity index (χ4n) is 1.62. The van der Waals surface area contributed by atoms with Crippen molar-refractivity contribution in [2.75, 3.05) is 0 Å². The summed E-state index contributed by atoms with van der Waals surface area (Å²) in [4.78, 5) is 10.1. The highest BCUT2D eigenvalue weighted by Gasteiger charge is 2.18. The number of ether oxygens (including phenoxy) is 1. The fourth-order valence-corrected chi connectivity index (χ4v) is 1.62. The highest BCUT2D eigenvalue weighted by atomic mass is 16.6. The van der Waals surface area contributed by atoms with Crippen molar-refractivity contribution in [3.63, 3.8) is 0 Å².